The lowest BCUT2D eigenvalue weighted by atomic mass is 10.3. The van der Waals surface area contributed by atoms with E-state index in [1.165, 1.54) is 6.34 Å². The van der Waals surface area contributed by atoms with E-state index >= 15 is 0 Å². The van der Waals surface area contributed by atoms with Crippen molar-refractivity contribution in [3.8, 4) is 5.75 Å². The largest absolute Gasteiger partial charge is 0.495 e. The molecule has 0 heterocycles. The third-order valence-electron chi connectivity index (χ3n) is 2.54. The molecule has 20 heavy (non-hydrogen) atoms. The summed E-state index contributed by atoms with van der Waals surface area (Å²) < 4.78 is 10.9. The van der Waals surface area contributed by atoms with Crippen LogP contribution in [-0.2, 0) is 4.74 Å². The lowest BCUT2D eigenvalue weighted by Crippen LogP contribution is -2.08. The Balaban J connectivity index is 2.57. The van der Waals surface area contributed by atoms with Crippen LogP contribution in [0.5, 0.6) is 5.75 Å². The molecule has 0 aliphatic heterocycles. The standard InChI is InChI=1S/C16H22N2O2/c1-5-9-16(19-4)13(2)17-12-18-14(3)20-15-10-7-6-8-11-15/h6-12,14H,5H2,1-4H3/b16-9+,17-13+,18-12-. The van der Waals surface area contributed by atoms with Crippen molar-refractivity contribution >= 4 is 12.1 Å². The smallest absolute Gasteiger partial charge is 0.188 e. The van der Waals surface area contributed by atoms with E-state index in [1.807, 2.05) is 50.3 Å². The molecule has 0 amide bonds. The van der Waals surface area contributed by atoms with Crippen LogP contribution >= 0.6 is 0 Å². The molecular formula is C16H22N2O2. The second kappa shape index (κ2) is 8.91. The van der Waals surface area contributed by atoms with Gasteiger partial charge >= 0.3 is 0 Å². The van der Waals surface area contributed by atoms with Gasteiger partial charge in [-0.25, -0.2) is 9.98 Å². The van der Waals surface area contributed by atoms with Gasteiger partial charge in [0.1, 0.15) is 17.8 Å². The molecule has 1 rings (SSSR count). The Bertz CT molecular complexity index is 479. The number of rotatable bonds is 7. The first-order chi connectivity index (χ1) is 9.67. The SMILES string of the molecule is CC\C=C(OC)/C(C)=N/C=N\C(C)Oc1ccccc1. The van der Waals surface area contributed by atoms with Gasteiger partial charge in [0.15, 0.2) is 6.23 Å². The number of methoxy groups -OCH3 is 1. The highest BCUT2D eigenvalue weighted by atomic mass is 16.5. The average molecular weight is 274 g/mol. The second-order valence-electron chi connectivity index (χ2n) is 4.19. The first-order valence-corrected chi connectivity index (χ1v) is 6.69. The first-order valence-electron chi connectivity index (χ1n) is 6.69. The van der Waals surface area contributed by atoms with E-state index in [1.54, 1.807) is 7.11 Å². The van der Waals surface area contributed by atoms with Gasteiger partial charge in [0, 0.05) is 0 Å². The summed E-state index contributed by atoms with van der Waals surface area (Å²) in [5, 5.41) is 0. The molecule has 0 fully saturated rings. The van der Waals surface area contributed by atoms with Crippen LogP contribution in [0.2, 0.25) is 0 Å². The molecule has 0 aromatic heterocycles. The summed E-state index contributed by atoms with van der Waals surface area (Å²) in [6, 6.07) is 9.59. The molecule has 0 saturated carbocycles. The first kappa shape index (κ1) is 16.0. The lowest BCUT2D eigenvalue weighted by Gasteiger charge is -2.09. The highest BCUT2D eigenvalue weighted by Crippen LogP contribution is 2.10. The summed E-state index contributed by atoms with van der Waals surface area (Å²) in [6.07, 6.45) is 4.11. The van der Waals surface area contributed by atoms with E-state index in [0.717, 1.165) is 23.6 Å². The molecule has 4 heteroatoms. The molecule has 0 radical (unpaired) electrons. The zero-order chi connectivity index (χ0) is 14.8. The van der Waals surface area contributed by atoms with Crippen molar-refractivity contribution in [2.75, 3.05) is 7.11 Å². The van der Waals surface area contributed by atoms with Crippen molar-refractivity contribution < 1.29 is 9.47 Å². The van der Waals surface area contributed by atoms with Crippen molar-refractivity contribution in [1.82, 2.24) is 0 Å². The van der Waals surface area contributed by atoms with E-state index < -0.39 is 0 Å². The maximum atomic E-state index is 5.62. The summed E-state index contributed by atoms with van der Waals surface area (Å²) in [4.78, 5) is 8.47. The Hall–Kier alpha value is -2.10. The van der Waals surface area contributed by atoms with Crippen LogP contribution in [0.4, 0.5) is 0 Å². The fourth-order valence-corrected chi connectivity index (χ4v) is 1.57. The van der Waals surface area contributed by atoms with Crippen molar-refractivity contribution in [3.63, 3.8) is 0 Å². The summed E-state index contributed by atoms with van der Waals surface area (Å²) in [6.45, 7) is 5.81. The molecule has 0 bridgehead atoms. The Morgan fingerprint density at radius 3 is 2.60 bits per heavy atom. The van der Waals surface area contributed by atoms with E-state index in [9.17, 15) is 0 Å². The van der Waals surface area contributed by atoms with Crippen LogP contribution in [0.25, 0.3) is 0 Å². The minimum absolute atomic E-state index is 0.282. The monoisotopic (exact) mass is 274 g/mol. The van der Waals surface area contributed by atoms with E-state index in [-0.39, 0.29) is 6.23 Å². The number of allylic oxidation sites excluding steroid dienone is 2. The molecule has 1 aromatic carbocycles. The van der Waals surface area contributed by atoms with Crippen molar-refractivity contribution in [1.29, 1.82) is 0 Å². The predicted molar refractivity (Wildman–Crippen MR) is 83.5 cm³/mol. The molecule has 0 saturated heterocycles. The zero-order valence-electron chi connectivity index (χ0n) is 12.5. The fourth-order valence-electron chi connectivity index (χ4n) is 1.57. The van der Waals surface area contributed by atoms with Crippen molar-refractivity contribution in [3.05, 3.63) is 42.2 Å². The summed E-state index contributed by atoms with van der Waals surface area (Å²) in [5.74, 6) is 1.57. The maximum absolute atomic E-state index is 5.62. The fraction of sp³-hybridized carbons (Fsp3) is 0.375. The topological polar surface area (TPSA) is 43.2 Å². The Labute approximate surface area is 120 Å². The molecule has 0 spiro atoms. The third-order valence-corrected chi connectivity index (χ3v) is 2.54. The third kappa shape index (κ3) is 5.69. The van der Waals surface area contributed by atoms with Gasteiger partial charge < -0.3 is 9.47 Å². The van der Waals surface area contributed by atoms with Crippen LogP contribution in [0.15, 0.2) is 52.2 Å². The van der Waals surface area contributed by atoms with Crippen LogP contribution in [0, 0.1) is 0 Å². The number of aliphatic imine (C=N–C) groups is 2. The second-order valence-corrected chi connectivity index (χ2v) is 4.19. The molecule has 4 nitrogen and oxygen atoms in total. The van der Waals surface area contributed by atoms with Gasteiger partial charge in [0.2, 0.25) is 0 Å². The number of para-hydroxylation sites is 1. The Morgan fingerprint density at radius 2 is 2.00 bits per heavy atom. The molecule has 1 aromatic rings. The van der Waals surface area contributed by atoms with Gasteiger partial charge in [-0.2, -0.15) is 0 Å². The number of hydrogen-bond donors (Lipinski definition) is 0. The van der Waals surface area contributed by atoms with Gasteiger partial charge in [-0.05, 0) is 38.5 Å². The molecule has 1 unspecified atom stereocenters. The number of nitrogens with zero attached hydrogens (tertiary/aromatic N) is 2. The summed E-state index contributed by atoms with van der Waals surface area (Å²) in [7, 11) is 1.64. The molecule has 1 atom stereocenters. The minimum atomic E-state index is -0.282. The number of benzene rings is 1. The van der Waals surface area contributed by atoms with Crippen molar-refractivity contribution in [2.45, 2.75) is 33.4 Å². The maximum Gasteiger partial charge on any atom is 0.188 e. The van der Waals surface area contributed by atoms with Crippen molar-refractivity contribution in [2.24, 2.45) is 9.98 Å². The van der Waals surface area contributed by atoms with Gasteiger partial charge in [-0.1, -0.05) is 25.1 Å². The van der Waals surface area contributed by atoms with Gasteiger partial charge in [0.05, 0.1) is 12.8 Å². The van der Waals surface area contributed by atoms with Gasteiger partial charge in [-0.3, -0.25) is 0 Å². The molecular weight excluding hydrogens is 252 g/mol. The van der Waals surface area contributed by atoms with Crippen LogP contribution in [0.1, 0.15) is 27.2 Å². The summed E-state index contributed by atoms with van der Waals surface area (Å²) >= 11 is 0. The average Bonchev–Trinajstić information content (AvgIpc) is 2.45. The zero-order valence-corrected chi connectivity index (χ0v) is 12.5. The predicted octanol–water partition coefficient (Wildman–Crippen LogP) is 3.84. The normalized spacial score (nSPS) is 14.4. The summed E-state index contributed by atoms with van der Waals surface area (Å²) in [5.41, 5.74) is 0.796. The highest BCUT2D eigenvalue weighted by Gasteiger charge is 2.00. The minimum Gasteiger partial charge on any atom is -0.495 e. The van der Waals surface area contributed by atoms with Crippen LogP contribution < -0.4 is 4.74 Å². The molecule has 0 N–H and O–H groups in total. The van der Waals surface area contributed by atoms with Gasteiger partial charge in [-0.15, -0.1) is 0 Å². The van der Waals surface area contributed by atoms with E-state index in [2.05, 4.69) is 16.9 Å². The molecule has 0 aliphatic carbocycles. The van der Waals surface area contributed by atoms with E-state index in [0.29, 0.717) is 0 Å². The highest BCUT2D eigenvalue weighted by molar-refractivity contribution is 6.00. The molecule has 0 aliphatic rings. The quantitative estimate of drug-likeness (QED) is 0.431. The van der Waals surface area contributed by atoms with E-state index in [4.69, 9.17) is 9.47 Å². The van der Waals surface area contributed by atoms with Crippen LogP contribution in [-0.4, -0.2) is 25.4 Å². The van der Waals surface area contributed by atoms with Crippen LogP contribution in [0.3, 0.4) is 0 Å². The Morgan fingerprint density at radius 1 is 1.30 bits per heavy atom. The Kier molecular flexibility index (Phi) is 7.11. The number of ether oxygens (including phenoxy) is 2. The number of hydrogen-bond acceptors (Lipinski definition) is 3. The van der Waals surface area contributed by atoms with Gasteiger partial charge in [0.25, 0.3) is 0 Å². The lowest BCUT2D eigenvalue weighted by molar-refractivity contribution is 0.233. The molecule has 108 valence electrons.